The molecule has 2 N–H and O–H groups in total. The van der Waals surface area contributed by atoms with Crippen LogP contribution in [0.1, 0.15) is 12.0 Å². The SMILES string of the molecule is Nc1ccc(Br)cc1CCC(F)(F)F. The lowest BCUT2D eigenvalue weighted by Gasteiger charge is -2.08. The molecule has 0 spiro atoms. The second-order valence-electron chi connectivity index (χ2n) is 2.96. The van der Waals surface area contributed by atoms with E-state index in [1.165, 1.54) is 0 Å². The fourth-order valence-electron chi connectivity index (χ4n) is 1.07. The first-order valence-corrected chi connectivity index (χ1v) is 4.78. The van der Waals surface area contributed by atoms with Crippen LogP contribution >= 0.6 is 15.9 Å². The van der Waals surface area contributed by atoms with Gasteiger partial charge in [0.05, 0.1) is 0 Å². The molecule has 0 unspecified atom stereocenters. The fourth-order valence-corrected chi connectivity index (χ4v) is 1.48. The Morgan fingerprint density at radius 2 is 1.93 bits per heavy atom. The van der Waals surface area contributed by atoms with Gasteiger partial charge in [-0.2, -0.15) is 13.2 Å². The Morgan fingerprint density at radius 3 is 2.50 bits per heavy atom. The summed E-state index contributed by atoms with van der Waals surface area (Å²) in [5.74, 6) is 0. The molecule has 1 nitrogen and oxygen atoms in total. The summed E-state index contributed by atoms with van der Waals surface area (Å²) in [4.78, 5) is 0. The minimum Gasteiger partial charge on any atom is -0.399 e. The van der Waals surface area contributed by atoms with Gasteiger partial charge in [-0.3, -0.25) is 0 Å². The number of rotatable bonds is 2. The molecule has 0 radical (unpaired) electrons. The number of aryl methyl sites for hydroxylation is 1. The summed E-state index contributed by atoms with van der Waals surface area (Å²) in [6.45, 7) is 0. The first kappa shape index (κ1) is 11.4. The van der Waals surface area contributed by atoms with Gasteiger partial charge in [0.15, 0.2) is 0 Å². The zero-order chi connectivity index (χ0) is 10.8. The van der Waals surface area contributed by atoms with Crippen LogP contribution in [0.15, 0.2) is 22.7 Å². The molecular formula is C9H9BrF3N. The van der Waals surface area contributed by atoms with Crippen LogP contribution in [0.2, 0.25) is 0 Å². The van der Waals surface area contributed by atoms with E-state index in [0.29, 0.717) is 11.3 Å². The van der Waals surface area contributed by atoms with Gasteiger partial charge in [0.2, 0.25) is 0 Å². The molecule has 1 aromatic rings. The highest BCUT2D eigenvalue weighted by Crippen LogP contribution is 2.25. The van der Waals surface area contributed by atoms with Crippen LogP contribution in [0.5, 0.6) is 0 Å². The topological polar surface area (TPSA) is 26.0 Å². The molecular weight excluding hydrogens is 259 g/mol. The summed E-state index contributed by atoms with van der Waals surface area (Å²) in [5, 5.41) is 0. The molecule has 0 bridgehead atoms. The second kappa shape index (κ2) is 4.21. The van der Waals surface area contributed by atoms with E-state index in [4.69, 9.17) is 5.73 Å². The molecule has 0 saturated carbocycles. The van der Waals surface area contributed by atoms with Crippen molar-refractivity contribution in [3.05, 3.63) is 28.2 Å². The van der Waals surface area contributed by atoms with Crippen LogP contribution in [0.3, 0.4) is 0 Å². The predicted octanol–water partition coefficient (Wildman–Crippen LogP) is 3.53. The monoisotopic (exact) mass is 267 g/mol. The third-order valence-corrected chi connectivity index (χ3v) is 2.28. The van der Waals surface area contributed by atoms with Gasteiger partial charge in [0.25, 0.3) is 0 Å². The van der Waals surface area contributed by atoms with Crippen molar-refractivity contribution in [2.24, 2.45) is 0 Å². The molecule has 0 amide bonds. The Balaban J connectivity index is 2.72. The van der Waals surface area contributed by atoms with Gasteiger partial charge in [-0.05, 0) is 30.2 Å². The molecule has 0 aliphatic rings. The van der Waals surface area contributed by atoms with Crippen molar-refractivity contribution in [3.8, 4) is 0 Å². The third-order valence-electron chi connectivity index (χ3n) is 1.78. The summed E-state index contributed by atoms with van der Waals surface area (Å²) in [6, 6.07) is 4.91. The minimum absolute atomic E-state index is 0.0746. The highest BCUT2D eigenvalue weighted by Gasteiger charge is 2.26. The molecule has 0 heterocycles. The molecule has 1 rings (SSSR count). The fraction of sp³-hybridized carbons (Fsp3) is 0.333. The molecule has 14 heavy (non-hydrogen) atoms. The molecule has 0 aromatic heterocycles. The second-order valence-corrected chi connectivity index (χ2v) is 3.87. The van der Waals surface area contributed by atoms with Gasteiger partial charge in [-0.1, -0.05) is 15.9 Å². The van der Waals surface area contributed by atoms with Crippen LogP contribution in [0.25, 0.3) is 0 Å². The number of anilines is 1. The van der Waals surface area contributed by atoms with Crippen molar-refractivity contribution < 1.29 is 13.2 Å². The lowest BCUT2D eigenvalue weighted by atomic mass is 10.1. The van der Waals surface area contributed by atoms with Crippen LogP contribution in [-0.4, -0.2) is 6.18 Å². The van der Waals surface area contributed by atoms with Gasteiger partial charge in [-0.25, -0.2) is 0 Å². The van der Waals surface area contributed by atoms with Crippen molar-refractivity contribution in [2.75, 3.05) is 5.73 Å². The highest BCUT2D eigenvalue weighted by atomic mass is 79.9. The molecule has 0 aliphatic carbocycles. The number of alkyl halides is 3. The minimum atomic E-state index is -4.13. The van der Waals surface area contributed by atoms with Gasteiger partial charge < -0.3 is 5.73 Å². The molecule has 0 fully saturated rings. The zero-order valence-corrected chi connectivity index (χ0v) is 8.82. The van der Waals surface area contributed by atoms with Crippen LogP contribution in [0.4, 0.5) is 18.9 Å². The van der Waals surface area contributed by atoms with Crippen LogP contribution < -0.4 is 5.73 Å². The third kappa shape index (κ3) is 3.57. The van der Waals surface area contributed by atoms with E-state index < -0.39 is 12.6 Å². The van der Waals surface area contributed by atoms with E-state index in [9.17, 15) is 13.2 Å². The van der Waals surface area contributed by atoms with Crippen LogP contribution in [0, 0.1) is 0 Å². The van der Waals surface area contributed by atoms with E-state index >= 15 is 0 Å². The normalized spacial score (nSPS) is 11.7. The lowest BCUT2D eigenvalue weighted by Crippen LogP contribution is -2.09. The van der Waals surface area contributed by atoms with E-state index in [2.05, 4.69) is 15.9 Å². The maximum Gasteiger partial charge on any atom is 0.389 e. The zero-order valence-electron chi connectivity index (χ0n) is 7.24. The Hall–Kier alpha value is -0.710. The van der Waals surface area contributed by atoms with Gasteiger partial charge >= 0.3 is 6.18 Å². The van der Waals surface area contributed by atoms with Crippen molar-refractivity contribution in [1.82, 2.24) is 0 Å². The number of hydrogen-bond acceptors (Lipinski definition) is 1. The number of nitrogen functional groups attached to an aromatic ring is 1. The summed E-state index contributed by atoms with van der Waals surface area (Å²) in [6.07, 6.45) is -5.04. The molecule has 5 heteroatoms. The summed E-state index contributed by atoms with van der Waals surface area (Å²) in [5.41, 5.74) is 6.46. The van der Waals surface area contributed by atoms with E-state index in [0.717, 1.165) is 4.47 Å². The van der Waals surface area contributed by atoms with Gasteiger partial charge in [0, 0.05) is 16.6 Å². The molecule has 0 aliphatic heterocycles. The average molecular weight is 268 g/mol. The molecule has 78 valence electrons. The van der Waals surface area contributed by atoms with Crippen molar-refractivity contribution in [1.29, 1.82) is 0 Å². The Bertz CT molecular complexity index is 322. The Kier molecular flexibility index (Phi) is 3.42. The quantitative estimate of drug-likeness (QED) is 0.816. The highest BCUT2D eigenvalue weighted by molar-refractivity contribution is 9.10. The van der Waals surface area contributed by atoms with E-state index in [-0.39, 0.29) is 6.42 Å². The standard InChI is InChI=1S/C9H9BrF3N/c10-7-1-2-8(14)6(5-7)3-4-9(11,12)13/h1-2,5H,3-4,14H2. The first-order chi connectivity index (χ1) is 6.38. The number of hydrogen-bond donors (Lipinski definition) is 1. The van der Waals surface area contributed by atoms with Gasteiger partial charge in [0.1, 0.15) is 0 Å². The van der Waals surface area contributed by atoms with Crippen LogP contribution in [-0.2, 0) is 6.42 Å². The molecule has 0 saturated heterocycles. The van der Waals surface area contributed by atoms with Crippen molar-refractivity contribution in [3.63, 3.8) is 0 Å². The average Bonchev–Trinajstić information content (AvgIpc) is 2.05. The largest absolute Gasteiger partial charge is 0.399 e. The number of nitrogens with two attached hydrogens (primary N) is 1. The lowest BCUT2D eigenvalue weighted by molar-refractivity contribution is -0.133. The van der Waals surface area contributed by atoms with Crippen molar-refractivity contribution >= 4 is 21.6 Å². The predicted molar refractivity (Wildman–Crippen MR) is 52.9 cm³/mol. The maximum absolute atomic E-state index is 11.9. The Labute approximate surface area is 88.2 Å². The smallest absolute Gasteiger partial charge is 0.389 e. The Morgan fingerprint density at radius 1 is 1.29 bits per heavy atom. The molecule has 1 aromatic carbocycles. The molecule has 0 atom stereocenters. The summed E-state index contributed by atoms with van der Waals surface area (Å²) < 4.78 is 36.5. The maximum atomic E-state index is 11.9. The number of halogens is 4. The summed E-state index contributed by atoms with van der Waals surface area (Å²) >= 11 is 3.18. The van der Waals surface area contributed by atoms with Gasteiger partial charge in [-0.15, -0.1) is 0 Å². The van der Waals surface area contributed by atoms with E-state index in [1.54, 1.807) is 18.2 Å². The van der Waals surface area contributed by atoms with E-state index in [1.807, 2.05) is 0 Å². The number of benzene rings is 1. The summed E-state index contributed by atoms with van der Waals surface area (Å²) in [7, 11) is 0. The first-order valence-electron chi connectivity index (χ1n) is 3.99. The van der Waals surface area contributed by atoms with Crippen molar-refractivity contribution in [2.45, 2.75) is 19.0 Å².